The van der Waals surface area contributed by atoms with Crippen molar-refractivity contribution in [3.8, 4) is 0 Å². The molecular formula is C14H26N2O4. The number of carbonyl (C=O) groups excluding carboxylic acids is 1. The number of nitrogens with one attached hydrogen (secondary N) is 1. The summed E-state index contributed by atoms with van der Waals surface area (Å²) in [5.41, 5.74) is 5.23. The van der Waals surface area contributed by atoms with Crippen molar-refractivity contribution >= 4 is 5.91 Å². The van der Waals surface area contributed by atoms with E-state index in [0.29, 0.717) is 6.54 Å². The molecule has 2 rings (SSSR count). The van der Waals surface area contributed by atoms with Crippen molar-refractivity contribution in [1.82, 2.24) is 5.32 Å². The molecule has 1 heterocycles. The van der Waals surface area contributed by atoms with Gasteiger partial charge in [-0.05, 0) is 12.8 Å². The Morgan fingerprint density at radius 3 is 2.70 bits per heavy atom. The summed E-state index contributed by atoms with van der Waals surface area (Å²) in [7, 11) is 3.08. The third kappa shape index (κ3) is 2.15. The summed E-state index contributed by atoms with van der Waals surface area (Å²) in [4.78, 5) is 12.6. The van der Waals surface area contributed by atoms with E-state index < -0.39 is 11.8 Å². The maximum Gasteiger partial charge on any atom is 0.241 e. The summed E-state index contributed by atoms with van der Waals surface area (Å²) in [6.07, 6.45) is 1.52. The fourth-order valence-electron chi connectivity index (χ4n) is 3.62. The van der Waals surface area contributed by atoms with Gasteiger partial charge in [0, 0.05) is 32.2 Å². The molecule has 0 radical (unpaired) electrons. The van der Waals surface area contributed by atoms with E-state index in [-0.39, 0.29) is 23.3 Å². The normalized spacial score (nSPS) is 35.3. The Kier molecular flexibility index (Phi) is 4.39. The zero-order valence-corrected chi connectivity index (χ0v) is 12.8. The molecule has 0 aromatic heterocycles. The summed E-state index contributed by atoms with van der Waals surface area (Å²) >= 11 is 0. The van der Waals surface area contributed by atoms with Crippen LogP contribution in [0.15, 0.2) is 0 Å². The summed E-state index contributed by atoms with van der Waals surface area (Å²) in [5.74, 6) is -0.0526. The van der Waals surface area contributed by atoms with Gasteiger partial charge in [-0.2, -0.15) is 0 Å². The summed E-state index contributed by atoms with van der Waals surface area (Å²) in [5, 5.41) is 2.85. The highest BCUT2D eigenvalue weighted by Crippen LogP contribution is 2.57. The minimum Gasteiger partial charge on any atom is -0.377 e. The van der Waals surface area contributed by atoms with Gasteiger partial charge < -0.3 is 25.3 Å². The first kappa shape index (κ1) is 15.7. The molecule has 116 valence electrons. The predicted molar refractivity (Wildman–Crippen MR) is 74.0 cm³/mol. The lowest BCUT2D eigenvalue weighted by Gasteiger charge is -2.65. The maximum atomic E-state index is 12.6. The number of fused-ring (bicyclic) bond motifs is 1. The SMILES string of the molecule is COC(CNC(=O)C1(N)C2CCCOC2C1(C)C)OC. The molecule has 1 aliphatic carbocycles. The zero-order chi connectivity index (χ0) is 15.0. The van der Waals surface area contributed by atoms with E-state index >= 15 is 0 Å². The van der Waals surface area contributed by atoms with Crippen molar-refractivity contribution < 1.29 is 19.0 Å². The number of rotatable bonds is 5. The summed E-state index contributed by atoms with van der Waals surface area (Å²) < 4.78 is 15.9. The van der Waals surface area contributed by atoms with Crippen LogP contribution in [0.3, 0.4) is 0 Å². The Hall–Kier alpha value is -0.690. The van der Waals surface area contributed by atoms with Crippen LogP contribution >= 0.6 is 0 Å². The van der Waals surface area contributed by atoms with Crippen molar-refractivity contribution in [2.75, 3.05) is 27.4 Å². The third-order valence-corrected chi connectivity index (χ3v) is 5.02. The quantitative estimate of drug-likeness (QED) is 0.708. The van der Waals surface area contributed by atoms with Crippen molar-refractivity contribution in [3.63, 3.8) is 0 Å². The van der Waals surface area contributed by atoms with E-state index in [1.807, 2.05) is 13.8 Å². The van der Waals surface area contributed by atoms with E-state index in [0.717, 1.165) is 19.4 Å². The molecular weight excluding hydrogens is 260 g/mol. The third-order valence-electron chi connectivity index (χ3n) is 5.02. The van der Waals surface area contributed by atoms with E-state index in [9.17, 15) is 4.79 Å². The van der Waals surface area contributed by atoms with Gasteiger partial charge in [0.25, 0.3) is 0 Å². The predicted octanol–water partition coefficient (Wildman–Crippen LogP) is 0.254. The van der Waals surface area contributed by atoms with Gasteiger partial charge in [0.15, 0.2) is 6.29 Å². The second-order valence-electron chi connectivity index (χ2n) is 6.24. The van der Waals surface area contributed by atoms with Gasteiger partial charge in [-0.1, -0.05) is 13.8 Å². The second-order valence-corrected chi connectivity index (χ2v) is 6.24. The molecule has 0 bridgehead atoms. The van der Waals surface area contributed by atoms with E-state index in [1.165, 1.54) is 14.2 Å². The number of amides is 1. The summed E-state index contributed by atoms with van der Waals surface area (Å²) in [6.45, 7) is 5.06. The first-order valence-corrected chi connectivity index (χ1v) is 7.14. The fourth-order valence-corrected chi connectivity index (χ4v) is 3.62. The van der Waals surface area contributed by atoms with Gasteiger partial charge in [0.05, 0.1) is 12.6 Å². The lowest BCUT2D eigenvalue weighted by Crippen LogP contribution is -2.82. The van der Waals surface area contributed by atoms with Crippen LogP contribution in [-0.4, -0.2) is 51.2 Å². The van der Waals surface area contributed by atoms with Crippen LogP contribution in [0.25, 0.3) is 0 Å². The number of nitrogens with two attached hydrogens (primary N) is 1. The second kappa shape index (κ2) is 5.60. The zero-order valence-electron chi connectivity index (χ0n) is 12.8. The average molecular weight is 286 g/mol. The van der Waals surface area contributed by atoms with Crippen molar-refractivity contribution in [3.05, 3.63) is 0 Å². The standard InChI is InChI=1S/C14H26N2O4/c1-13(2)11-9(6-5-7-20-11)14(13,15)12(17)16-8-10(18-3)19-4/h9-11H,5-8,15H2,1-4H3,(H,16,17). The number of hydrogen-bond acceptors (Lipinski definition) is 5. The number of hydrogen-bond donors (Lipinski definition) is 2. The molecule has 1 saturated heterocycles. The molecule has 3 atom stereocenters. The Balaban J connectivity index is 2.04. The monoisotopic (exact) mass is 286 g/mol. The van der Waals surface area contributed by atoms with Gasteiger partial charge in [0.1, 0.15) is 5.54 Å². The Morgan fingerprint density at radius 1 is 1.45 bits per heavy atom. The molecule has 0 aromatic rings. The molecule has 1 aliphatic heterocycles. The van der Waals surface area contributed by atoms with Gasteiger partial charge in [-0.15, -0.1) is 0 Å². The lowest BCUT2D eigenvalue weighted by atomic mass is 9.46. The van der Waals surface area contributed by atoms with Gasteiger partial charge in [-0.25, -0.2) is 0 Å². The van der Waals surface area contributed by atoms with E-state index in [4.69, 9.17) is 19.9 Å². The minimum atomic E-state index is -0.885. The van der Waals surface area contributed by atoms with Crippen molar-refractivity contribution in [2.45, 2.75) is 44.6 Å². The lowest BCUT2D eigenvalue weighted by molar-refractivity contribution is -0.225. The van der Waals surface area contributed by atoms with Crippen LogP contribution in [0.5, 0.6) is 0 Å². The van der Waals surface area contributed by atoms with E-state index in [1.54, 1.807) is 0 Å². The molecule has 20 heavy (non-hydrogen) atoms. The van der Waals surface area contributed by atoms with Crippen molar-refractivity contribution in [1.29, 1.82) is 0 Å². The number of methoxy groups -OCH3 is 2. The van der Waals surface area contributed by atoms with Gasteiger partial charge >= 0.3 is 0 Å². The van der Waals surface area contributed by atoms with Crippen LogP contribution in [0.4, 0.5) is 0 Å². The van der Waals surface area contributed by atoms with Crippen LogP contribution in [0, 0.1) is 11.3 Å². The maximum absolute atomic E-state index is 12.6. The van der Waals surface area contributed by atoms with Crippen LogP contribution in [-0.2, 0) is 19.0 Å². The fraction of sp³-hybridized carbons (Fsp3) is 0.929. The highest BCUT2D eigenvalue weighted by Gasteiger charge is 2.70. The Labute approximate surface area is 120 Å². The minimum absolute atomic E-state index is 0.0765. The molecule has 2 fully saturated rings. The van der Waals surface area contributed by atoms with Gasteiger partial charge in [0.2, 0.25) is 5.91 Å². The average Bonchev–Trinajstić information content (AvgIpc) is 2.47. The molecule has 6 nitrogen and oxygen atoms in total. The molecule has 1 saturated carbocycles. The van der Waals surface area contributed by atoms with Crippen LogP contribution in [0.2, 0.25) is 0 Å². The van der Waals surface area contributed by atoms with Gasteiger partial charge in [-0.3, -0.25) is 4.79 Å². The highest BCUT2D eigenvalue weighted by atomic mass is 16.7. The Bertz CT molecular complexity index is 370. The number of carbonyl (C=O) groups is 1. The first-order chi connectivity index (χ1) is 9.39. The Morgan fingerprint density at radius 2 is 2.10 bits per heavy atom. The van der Waals surface area contributed by atoms with Crippen LogP contribution < -0.4 is 11.1 Å². The number of ether oxygens (including phenoxy) is 3. The highest BCUT2D eigenvalue weighted by molar-refractivity contribution is 5.89. The molecule has 1 amide bonds. The summed E-state index contributed by atoms with van der Waals surface area (Å²) in [6, 6.07) is 0. The molecule has 3 N–H and O–H groups in total. The van der Waals surface area contributed by atoms with Crippen molar-refractivity contribution in [2.24, 2.45) is 17.1 Å². The van der Waals surface area contributed by atoms with E-state index in [2.05, 4.69) is 5.32 Å². The van der Waals surface area contributed by atoms with Crippen LogP contribution in [0.1, 0.15) is 26.7 Å². The first-order valence-electron chi connectivity index (χ1n) is 7.14. The molecule has 0 aromatic carbocycles. The topological polar surface area (TPSA) is 82.8 Å². The molecule has 0 spiro atoms. The smallest absolute Gasteiger partial charge is 0.241 e. The molecule has 3 unspecified atom stereocenters. The largest absolute Gasteiger partial charge is 0.377 e. The molecule has 6 heteroatoms. The molecule has 2 aliphatic rings.